The van der Waals surface area contributed by atoms with Crippen LogP contribution in [0.15, 0.2) is 84.9 Å². The molecule has 0 aromatic heterocycles. The van der Waals surface area contributed by atoms with E-state index in [0.717, 1.165) is 11.3 Å². The molecule has 0 radical (unpaired) electrons. The van der Waals surface area contributed by atoms with Gasteiger partial charge in [0.15, 0.2) is 0 Å². The fourth-order valence-electron chi connectivity index (χ4n) is 2.80. The normalized spacial score (nSPS) is 10.2. The van der Waals surface area contributed by atoms with Gasteiger partial charge in [0.05, 0.1) is 0 Å². The fraction of sp³-hybridized carbons (Fsp3) is 0.167. The van der Waals surface area contributed by atoms with E-state index in [9.17, 15) is 9.59 Å². The van der Waals surface area contributed by atoms with Gasteiger partial charge in [-0.25, -0.2) is 4.79 Å². The van der Waals surface area contributed by atoms with Crippen molar-refractivity contribution in [1.29, 1.82) is 0 Å². The molecule has 3 aromatic carbocycles. The van der Waals surface area contributed by atoms with Gasteiger partial charge in [-0.2, -0.15) is 0 Å². The van der Waals surface area contributed by atoms with Crippen molar-refractivity contribution in [2.45, 2.75) is 13.0 Å². The Kier molecular flexibility index (Phi) is 7.44. The average Bonchev–Trinajstić information content (AvgIpc) is 2.76. The first kappa shape index (κ1) is 20.9. The molecular weight excluding hydrogens is 378 g/mol. The van der Waals surface area contributed by atoms with E-state index in [-0.39, 0.29) is 24.9 Å². The second kappa shape index (κ2) is 10.7. The molecule has 0 spiro atoms. The number of hydrogen-bond acceptors (Lipinski definition) is 3. The summed E-state index contributed by atoms with van der Waals surface area (Å²) in [5.41, 5.74) is 1.72. The third-order valence-electron chi connectivity index (χ3n) is 4.35. The zero-order valence-corrected chi connectivity index (χ0v) is 16.9. The van der Waals surface area contributed by atoms with Gasteiger partial charge in [0.2, 0.25) is 5.91 Å². The van der Waals surface area contributed by atoms with Gasteiger partial charge in [-0.15, -0.1) is 0 Å². The van der Waals surface area contributed by atoms with Crippen LogP contribution in [0.3, 0.4) is 0 Å². The van der Waals surface area contributed by atoms with Crippen molar-refractivity contribution in [2.24, 2.45) is 0 Å². The van der Waals surface area contributed by atoms with Crippen LogP contribution in [0.2, 0.25) is 0 Å². The zero-order chi connectivity index (χ0) is 21.2. The third kappa shape index (κ3) is 6.67. The number of ether oxygens (including phenoxy) is 1. The molecule has 0 bridgehead atoms. The SMILES string of the molecule is CN(Cc1ccccc1)C(=O)NCCC(=O)Nc1ccc(Oc2ccccc2)cc1. The first-order valence-electron chi connectivity index (χ1n) is 9.76. The highest BCUT2D eigenvalue weighted by Crippen LogP contribution is 2.22. The summed E-state index contributed by atoms with van der Waals surface area (Å²) in [6.45, 7) is 0.773. The van der Waals surface area contributed by atoms with E-state index in [4.69, 9.17) is 4.74 Å². The summed E-state index contributed by atoms with van der Waals surface area (Å²) in [5, 5.41) is 5.58. The predicted octanol–water partition coefficient (Wildman–Crippen LogP) is 4.65. The first-order valence-corrected chi connectivity index (χ1v) is 9.76. The monoisotopic (exact) mass is 403 g/mol. The van der Waals surface area contributed by atoms with Crippen LogP contribution in [0.4, 0.5) is 10.5 Å². The highest BCUT2D eigenvalue weighted by molar-refractivity contribution is 5.91. The summed E-state index contributed by atoms with van der Waals surface area (Å²) in [4.78, 5) is 25.8. The Morgan fingerprint density at radius 3 is 2.10 bits per heavy atom. The Labute approximate surface area is 176 Å². The van der Waals surface area contributed by atoms with Crippen LogP contribution in [-0.2, 0) is 11.3 Å². The number of anilines is 1. The summed E-state index contributed by atoms with van der Waals surface area (Å²) < 4.78 is 5.73. The Hall–Kier alpha value is -3.80. The van der Waals surface area contributed by atoms with E-state index in [2.05, 4.69) is 10.6 Å². The van der Waals surface area contributed by atoms with Gasteiger partial charge in [0.25, 0.3) is 0 Å². The lowest BCUT2D eigenvalue weighted by molar-refractivity contribution is -0.116. The number of nitrogens with zero attached hydrogens (tertiary/aromatic N) is 1. The Morgan fingerprint density at radius 2 is 1.43 bits per heavy atom. The van der Waals surface area contributed by atoms with Crippen molar-refractivity contribution < 1.29 is 14.3 Å². The average molecular weight is 403 g/mol. The molecule has 0 fully saturated rings. The van der Waals surface area contributed by atoms with E-state index in [0.29, 0.717) is 18.0 Å². The first-order chi connectivity index (χ1) is 14.6. The number of rotatable bonds is 8. The standard InChI is InChI=1S/C24H25N3O3/c1-27(18-19-8-4-2-5-9-19)24(29)25-17-16-23(28)26-20-12-14-22(15-13-20)30-21-10-6-3-7-11-21/h2-15H,16-18H2,1H3,(H,25,29)(H,26,28). The van der Waals surface area contributed by atoms with Crippen LogP contribution >= 0.6 is 0 Å². The third-order valence-corrected chi connectivity index (χ3v) is 4.35. The molecule has 6 nitrogen and oxygen atoms in total. The molecule has 2 N–H and O–H groups in total. The highest BCUT2D eigenvalue weighted by Gasteiger charge is 2.10. The Bertz CT molecular complexity index is 944. The summed E-state index contributed by atoms with van der Waals surface area (Å²) in [6, 6.07) is 26.2. The Balaban J connectivity index is 1.38. The number of hydrogen-bond donors (Lipinski definition) is 2. The summed E-state index contributed by atoms with van der Waals surface area (Å²) >= 11 is 0. The predicted molar refractivity (Wildman–Crippen MR) is 118 cm³/mol. The summed E-state index contributed by atoms with van der Waals surface area (Å²) in [5.74, 6) is 1.27. The molecule has 0 aliphatic heterocycles. The lowest BCUT2D eigenvalue weighted by Crippen LogP contribution is -2.38. The smallest absolute Gasteiger partial charge is 0.317 e. The van der Waals surface area contributed by atoms with Gasteiger partial charge in [0, 0.05) is 32.2 Å². The fourth-order valence-corrected chi connectivity index (χ4v) is 2.80. The molecule has 0 heterocycles. The zero-order valence-electron chi connectivity index (χ0n) is 16.9. The van der Waals surface area contributed by atoms with E-state index < -0.39 is 0 Å². The van der Waals surface area contributed by atoms with E-state index >= 15 is 0 Å². The largest absolute Gasteiger partial charge is 0.457 e. The van der Waals surface area contributed by atoms with Gasteiger partial charge in [0.1, 0.15) is 11.5 Å². The van der Waals surface area contributed by atoms with Crippen molar-refractivity contribution >= 4 is 17.6 Å². The minimum absolute atomic E-state index is 0.169. The molecule has 0 unspecified atom stereocenters. The molecule has 0 aliphatic rings. The molecule has 30 heavy (non-hydrogen) atoms. The number of carbonyl (C=O) groups is 2. The van der Waals surface area contributed by atoms with Crippen LogP contribution in [-0.4, -0.2) is 30.4 Å². The van der Waals surface area contributed by atoms with Crippen LogP contribution in [0.5, 0.6) is 11.5 Å². The second-order valence-electron chi connectivity index (χ2n) is 6.81. The molecule has 3 rings (SSSR count). The van der Waals surface area contributed by atoms with Gasteiger partial charge >= 0.3 is 6.03 Å². The minimum Gasteiger partial charge on any atom is -0.457 e. The second-order valence-corrected chi connectivity index (χ2v) is 6.81. The molecule has 0 atom stereocenters. The van der Waals surface area contributed by atoms with Crippen molar-refractivity contribution in [3.8, 4) is 11.5 Å². The van der Waals surface area contributed by atoms with Crippen LogP contribution in [0, 0.1) is 0 Å². The van der Waals surface area contributed by atoms with Crippen LogP contribution in [0.25, 0.3) is 0 Å². The molecular formula is C24H25N3O3. The number of benzene rings is 3. The molecule has 154 valence electrons. The topological polar surface area (TPSA) is 70.7 Å². The number of urea groups is 1. The number of carbonyl (C=O) groups excluding carboxylic acids is 2. The molecule has 6 heteroatoms. The highest BCUT2D eigenvalue weighted by atomic mass is 16.5. The van der Waals surface area contributed by atoms with Gasteiger partial charge in [-0.3, -0.25) is 4.79 Å². The maximum absolute atomic E-state index is 12.1. The maximum atomic E-state index is 12.1. The van der Waals surface area contributed by atoms with Crippen LogP contribution < -0.4 is 15.4 Å². The minimum atomic E-state index is -0.214. The van der Waals surface area contributed by atoms with E-state index in [1.165, 1.54) is 0 Å². The summed E-state index contributed by atoms with van der Waals surface area (Å²) in [7, 11) is 1.72. The van der Waals surface area contributed by atoms with Crippen molar-refractivity contribution in [2.75, 3.05) is 18.9 Å². The van der Waals surface area contributed by atoms with Crippen LogP contribution in [0.1, 0.15) is 12.0 Å². The van der Waals surface area contributed by atoms with Crippen molar-refractivity contribution in [3.63, 3.8) is 0 Å². The number of amides is 3. The van der Waals surface area contributed by atoms with Gasteiger partial charge in [-0.1, -0.05) is 48.5 Å². The maximum Gasteiger partial charge on any atom is 0.317 e. The van der Waals surface area contributed by atoms with Gasteiger partial charge in [-0.05, 0) is 42.0 Å². The Morgan fingerprint density at radius 1 is 0.833 bits per heavy atom. The molecule has 0 aliphatic carbocycles. The number of para-hydroxylation sites is 1. The summed E-state index contributed by atoms with van der Waals surface area (Å²) in [6.07, 6.45) is 0.188. The lowest BCUT2D eigenvalue weighted by atomic mass is 10.2. The lowest BCUT2D eigenvalue weighted by Gasteiger charge is -2.18. The van der Waals surface area contributed by atoms with E-state index in [1.54, 1.807) is 36.2 Å². The van der Waals surface area contributed by atoms with E-state index in [1.807, 2.05) is 60.7 Å². The van der Waals surface area contributed by atoms with Crippen molar-refractivity contribution in [1.82, 2.24) is 10.2 Å². The molecule has 3 amide bonds. The quantitative estimate of drug-likeness (QED) is 0.575. The molecule has 0 saturated heterocycles. The number of nitrogens with one attached hydrogen (secondary N) is 2. The van der Waals surface area contributed by atoms with Gasteiger partial charge < -0.3 is 20.3 Å². The molecule has 3 aromatic rings. The van der Waals surface area contributed by atoms with Crippen molar-refractivity contribution in [3.05, 3.63) is 90.5 Å². The molecule has 0 saturated carbocycles.